The van der Waals surface area contributed by atoms with Gasteiger partial charge in [0.2, 0.25) is 5.91 Å². The third-order valence-electron chi connectivity index (χ3n) is 3.84. The number of aliphatic imine (C=N–C) groups is 1. The highest BCUT2D eigenvalue weighted by atomic mass is 79.9. The Morgan fingerprint density at radius 3 is 2.70 bits per heavy atom. The Labute approximate surface area is 167 Å². The van der Waals surface area contributed by atoms with E-state index < -0.39 is 6.04 Å². The molecule has 142 valence electrons. The van der Waals surface area contributed by atoms with E-state index in [0.717, 1.165) is 10.0 Å². The summed E-state index contributed by atoms with van der Waals surface area (Å²) in [6, 6.07) is 10.4. The lowest BCUT2D eigenvalue weighted by Crippen LogP contribution is -2.26. The molecule has 0 saturated carbocycles. The summed E-state index contributed by atoms with van der Waals surface area (Å²) in [5.74, 6) is -0.620. The lowest BCUT2D eigenvalue weighted by atomic mass is 10.0. The van der Waals surface area contributed by atoms with Gasteiger partial charge in [-0.15, -0.1) is 0 Å². The van der Waals surface area contributed by atoms with E-state index in [2.05, 4.69) is 36.0 Å². The highest BCUT2D eigenvalue weighted by Crippen LogP contribution is 2.27. The molecule has 0 spiro atoms. The van der Waals surface area contributed by atoms with Crippen LogP contribution in [0.1, 0.15) is 37.9 Å². The standard InChI is InChI=1S/C18H16BrN3O3.C2H6/c1-25-16(23)8-7-15-18(24)22-13-6-5-11(19)10-12(13)17(21-15)14-4-2-3-9-20-14;1-2/h2-6,9-10,15H,7-8H2,1H3,(H,22,24);1-2H3. The monoisotopic (exact) mass is 431 g/mol. The molecular weight excluding hydrogens is 410 g/mol. The van der Waals surface area contributed by atoms with Crippen LogP contribution >= 0.6 is 15.9 Å². The normalized spacial score (nSPS) is 15.3. The molecule has 3 rings (SSSR count). The Hall–Kier alpha value is -2.54. The average molecular weight is 432 g/mol. The summed E-state index contributed by atoms with van der Waals surface area (Å²) in [5.41, 5.74) is 2.73. The minimum absolute atomic E-state index is 0.119. The number of pyridine rings is 1. The number of aromatic nitrogens is 1. The van der Waals surface area contributed by atoms with Gasteiger partial charge in [-0.2, -0.15) is 0 Å². The number of anilines is 1. The maximum atomic E-state index is 12.5. The molecule has 0 bridgehead atoms. The van der Waals surface area contributed by atoms with Crippen molar-refractivity contribution in [1.82, 2.24) is 4.98 Å². The number of amides is 1. The number of benzene rings is 1. The van der Waals surface area contributed by atoms with Gasteiger partial charge >= 0.3 is 5.97 Å². The molecule has 1 aliphatic rings. The lowest BCUT2D eigenvalue weighted by Gasteiger charge is -2.10. The third kappa shape index (κ3) is 5.23. The number of benzodiazepines with no additional fused rings is 1. The third-order valence-corrected chi connectivity index (χ3v) is 4.33. The smallest absolute Gasteiger partial charge is 0.305 e. The first kappa shape index (κ1) is 20.8. The molecule has 2 aromatic rings. The van der Waals surface area contributed by atoms with E-state index in [1.165, 1.54) is 7.11 Å². The van der Waals surface area contributed by atoms with Gasteiger partial charge in [0.1, 0.15) is 6.04 Å². The highest BCUT2D eigenvalue weighted by Gasteiger charge is 2.27. The summed E-state index contributed by atoms with van der Waals surface area (Å²) in [5, 5.41) is 2.89. The zero-order valence-electron chi connectivity index (χ0n) is 15.5. The molecule has 7 heteroatoms. The van der Waals surface area contributed by atoms with E-state index >= 15 is 0 Å². The molecule has 1 aliphatic heterocycles. The van der Waals surface area contributed by atoms with Gasteiger partial charge in [-0.25, -0.2) is 0 Å². The minimum Gasteiger partial charge on any atom is -0.469 e. The van der Waals surface area contributed by atoms with Crippen LogP contribution in [0.5, 0.6) is 0 Å². The van der Waals surface area contributed by atoms with Crippen molar-refractivity contribution in [2.24, 2.45) is 4.99 Å². The Morgan fingerprint density at radius 1 is 1.26 bits per heavy atom. The predicted molar refractivity (Wildman–Crippen MR) is 109 cm³/mol. The van der Waals surface area contributed by atoms with Crippen molar-refractivity contribution in [3.63, 3.8) is 0 Å². The summed E-state index contributed by atoms with van der Waals surface area (Å²) in [4.78, 5) is 33.0. The largest absolute Gasteiger partial charge is 0.469 e. The van der Waals surface area contributed by atoms with Gasteiger partial charge in [0, 0.05) is 22.7 Å². The van der Waals surface area contributed by atoms with Crippen molar-refractivity contribution in [1.29, 1.82) is 0 Å². The van der Waals surface area contributed by atoms with Crippen LogP contribution in [-0.4, -0.2) is 35.7 Å². The van der Waals surface area contributed by atoms with Gasteiger partial charge < -0.3 is 10.1 Å². The predicted octanol–water partition coefficient (Wildman–Crippen LogP) is 3.98. The zero-order valence-corrected chi connectivity index (χ0v) is 17.1. The topological polar surface area (TPSA) is 80.7 Å². The number of ether oxygens (including phenoxy) is 1. The molecule has 6 nitrogen and oxygen atoms in total. The molecule has 1 amide bonds. The quantitative estimate of drug-likeness (QED) is 0.742. The average Bonchev–Trinajstić information content (AvgIpc) is 2.84. The second kappa shape index (κ2) is 9.97. The van der Waals surface area contributed by atoms with E-state index in [1.807, 2.05) is 50.2 Å². The number of carbonyl (C=O) groups excluding carboxylic acids is 2. The first-order valence-electron chi connectivity index (χ1n) is 8.75. The number of nitrogens with one attached hydrogen (secondary N) is 1. The number of hydrogen-bond donors (Lipinski definition) is 1. The molecule has 1 unspecified atom stereocenters. The molecular formula is C20H22BrN3O3. The van der Waals surface area contributed by atoms with Gasteiger partial charge in [0.05, 0.1) is 24.2 Å². The molecule has 0 fully saturated rings. The molecule has 2 heterocycles. The van der Waals surface area contributed by atoms with Crippen LogP contribution in [0.25, 0.3) is 0 Å². The van der Waals surface area contributed by atoms with Crippen molar-refractivity contribution < 1.29 is 14.3 Å². The van der Waals surface area contributed by atoms with Gasteiger partial charge in [0.25, 0.3) is 0 Å². The van der Waals surface area contributed by atoms with Crippen LogP contribution in [0.4, 0.5) is 5.69 Å². The second-order valence-electron chi connectivity index (χ2n) is 5.50. The van der Waals surface area contributed by atoms with Crippen LogP contribution in [0, 0.1) is 0 Å². The number of hydrogen-bond acceptors (Lipinski definition) is 5. The molecule has 0 radical (unpaired) electrons. The van der Waals surface area contributed by atoms with E-state index in [9.17, 15) is 9.59 Å². The number of halogens is 1. The van der Waals surface area contributed by atoms with E-state index in [0.29, 0.717) is 17.1 Å². The number of esters is 1. The molecule has 0 aliphatic carbocycles. The van der Waals surface area contributed by atoms with Crippen molar-refractivity contribution >= 4 is 39.2 Å². The van der Waals surface area contributed by atoms with E-state index in [-0.39, 0.29) is 24.7 Å². The Bertz CT molecular complexity index is 838. The van der Waals surface area contributed by atoms with Gasteiger partial charge in [-0.1, -0.05) is 35.8 Å². The molecule has 1 atom stereocenters. The first-order valence-corrected chi connectivity index (χ1v) is 9.54. The zero-order chi connectivity index (χ0) is 19.8. The molecule has 0 saturated heterocycles. The Kier molecular flexibility index (Phi) is 7.67. The summed E-state index contributed by atoms with van der Waals surface area (Å²) < 4.78 is 5.53. The van der Waals surface area contributed by atoms with Crippen molar-refractivity contribution in [2.45, 2.75) is 32.7 Å². The van der Waals surface area contributed by atoms with Crippen molar-refractivity contribution in [3.05, 3.63) is 58.3 Å². The van der Waals surface area contributed by atoms with E-state index in [4.69, 9.17) is 0 Å². The van der Waals surface area contributed by atoms with Gasteiger partial charge in [-0.05, 0) is 36.8 Å². The molecule has 1 N–H and O–H groups in total. The fraction of sp³-hybridized carbons (Fsp3) is 0.300. The number of fused-ring (bicyclic) bond motifs is 1. The maximum absolute atomic E-state index is 12.5. The van der Waals surface area contributed by atoms with Crippen LogP contribution in [0.3, 0.4) is 0 Å². The van der Waals surface area contributed by atoms with Crippen LogP contribution < -0.4 is 5.32 Å². The fourth-order valence-corrected chi connectivity index (χ4v) is 2.94. The molecule has 1 aromatic heterocycles. The Balaban J connectivity index is 0.00000126. The van der Waals surface area contributed by atoms with Crippen LogP contribution in [0.15, 0.2) is 52.1 Å². The summed E-state index contributed by atoms with van der Waals surface area (Å²) in [7, 11) is 1.32. The van der Waals surface area contributed by atoms with Crippen LogP contribution in [0.2, 0.25) is 0 Å². The summed E-state index contributed by atoms with van der Waals surface area (Å²) in [6.45, 7) is 4.00. The minimum atomic E-state index is -0.692. The van der Waals surface area contributed by atoms with Crippen molar-refractivity contribution in [2.75, 3.05) is 12.4 Å². The molecule has 27 heavy (non-hydrogen) atoms. The maximum Gasteiger partial charge on any atom is 0.305 e. The highest BCUT2D eigenvalue weighted by molar-refractivity contribution is 9.10. The first-order chi connectivity index (χ1) is 13.1. The second-order valence-corrected chi connectivity index (χ2v) is 6.42. The van der Waals surface area contributed by atoms with Crippen LogP contribution in [-0.2, 0) is 14.3 Å². The SMILES string of the molecule is CC.COC(=O)CCC1N=C(c2ccccn2)c2cc(Br)ccc2NC1=O. The number of carbonyl (C=O) groups is 2. The number of methoxy groups -OCH3 is 1. The van der Waals surface area contributed by atoms with Crippen molar-refractivity contribution in [3.8, 4) is 0 Å². The Morgan fingerprint density at radius 2 is 2.04 bits per heavy atom. The number of nitrogens with zero attached hydrogens (tertiary/aromatic N) is 2. The summed E-state index contributed by atoms with van der Waals surface area (Å²) >= 11 is 3.46. The van der Waals surface area contributed by atoms with Gasteiger partial charge in [0.15, 0.2) is 0 Å². The molecule has 1 aromatic carbocycles. The van der Waals surface area contributed by atoms with Gasteiger partial charge in [-0.3, -0.25) is 19.6 Å². The fourth-order valence-electron chi connectivity index (χ4n) is 2.58. The van der Waals surface area contributed by atoms with E-state index in [1.54, 1.807) is 6.20 Å². The summed E-state index contributed by atoms with van der Waals surface area (Å²) in [6.07, 6.45) is 2.07. The lowest BCUT2D eigenvalue weighted by molar-refractivity contribution is -0.140. The number of rotatable bonds is 4.